The molecule has 0 heterocycles. The molecule has 38 heavy (non-hydrogen) atoms. The second-order valence-electron chi connectivity index (χ2n) is 9.02. The van der Waals surface area contributed by atoms with Crippen molar-refractivity contribution in [3.63, 3.8) is 0 Å². The molecule has 6 nitrogen and oxygen atoms in total. The molecule has 0 bridgehead atoms. The van der Waals surface area contributed by atoms with E-state index in [9.17, 15) is 13.2 Å². The SMILES string of the molecule is CC[C@@H](NC(=O)c1ccc(CN(c2ccccc2)S(=O)(=O)c2ccccc2)cc1)c1ccc(OC)c(C)c1. The van der Waals surface area contributed by atoms with Crippen molar-refractivity contribution in [2.24, 2.45) is 0 Å². The van der Waals surface area contributed by atoms with Gasteiger partial charge in [0.05, 0.1) is 30.3 Å². The fourth-order valence-corrected chi connectivity index (χ4v) is 5.81. The monoisotopic (exact) mass is 528 g/mol. The number of benzene rings is 4. The number of methoxy groups -OCH3 is 1. The second kappa shape index (κ2) is 12.0. The van der Waals surface area contributed by atoms with E-state index in [0.29, 0.717) is 11.3 Å². The van der Waals surface area contributed by atoms with Gasteiger partial charge >= 0.3 is 0 Å². The first-order chi connectivity index (χ1) is 18.3. The van der Waals surface area contributed by atoms with Gasteiger partial charge in [-0.25, -0.2) is 8.42 Å². The van der Waals surface area contributed by atoms with Crippen molar-refractivity contribution in [1.82, 2.24) is 5.32 Å². The Bertz CT molecular complexity index is 1470. The van der Waals surface area contributed by atoms with Gasteiger partial charge in [0.2, 0.25) is 0 Å². The van der Waals surface area contributed by atoms with Crippen molar-refractivity contribution < 1.29 is 17.9 Å². The minimum atomic E-state index is -3.79. The van der Waals surface area contributed by atoms with Gasteiger partial charge in [0.1, 0.15) is 5.75 Å². The molecule has 1 amide bonds. The van der Waals surface area contributed by atoms with Crippen LogP contribution in [0.1, 0.15) is 46.4 Å². The zero-order valence-electron chi connectivity index (χ0n) is 21.8. The van der Waals surface area contributed by atoms with Crippen LogP contribution in [0.5, 0.6) is 5.75 Å². The van der Waals surface area contributed by atoms with E-state index in [1.54, 1.807) is 73.8 Å². The summed E-state index contributed by atoms with van der Waals surface area (Å²) in [6.45, 7) is 4.14. The summed E-state index contributed by atoms with van der Waals surface area (Å²) in [6, 6.07) is 30.2. The molecule has 4 aromatic carbocycles. The summed E-state index contributed by atoms with van der Waals surface area (Å²) >= 11 is 0. The molecule has 4 rings (SSSR count). The number of para-hydroxylation sites is 1. The minimum absolute atomic E-state index is 0.131. The van der Waals surface area contributed by atoms with Crippen molar-refractivity contribution in [2.45, 2.75) is 37.8 Å². The maximum atomic E-state index is 13.5. The van der Waals surface area contributed by atoms with E-state index in [2.05, 4.69) is 5.32 Å². The maximum Gasteiger partial charge on any atom is 0.264 e. The molecule has 0 fully saturated rings. The Morgan fingerprint density at radius 2 is 1.53 bits per heavy atom. The van der Waals surface area contributed by atoms with Gasteiger partial charge in [-0.3, -0.25) is 9.10 Å². The molecule has 0 aromatic heterocycles. The summed E-state index contributed by atoms with van der Waals surface area (Å²) in [5.41, 5.74) is 3.87. The van der Waals surface area contributed by atoms with Crippen molar-refractivity contribution >= 4 is 21.6 Å². The van der Waals surface area contributed by atoms with E-state index in [1.807, 2.05) is 50.2 Å². The molecular formula is C31H32N2O4S. The number of carbonyl (C=O) groups is 1. The lowest BCUT2D eigenvalue weighted by Crippen LogP contribution is -2.30. The number of nitrogens with zero attached hydrogens (tertiary/aromatic N) is 1. The Hall–Kier alpha value is -4.10. The van der Waals surface area contributed by atoms with Gasteiger partial charge < -0.3 is 10.1 Å². The lowest BCUT2D eigenvalue weighted by molar-refractivity contribution is 0.0935. The largest absolute Gasteiger partial charge is 0.496 e. The normalized spacial score (nSPS) is 12.0. The summed E-state index contributed by atoms with van der Waals surface area (Å²) in [6.07, 6.45) is 0.735. The number of aryl methyl sites for hydroxylation is 1. The van der Waals surface area contributed by atoms with Crippen molar-refractivity contribution in [2.75, 3.05) is 11.4 Å². The van der Waals surface area contributed by atoms with Crippen LogP contribution in [-0.2, 0) is 16.6 Å². The van der Waals surface area contributed by atoms with Crippen LogP contribution in [0.2, 0.25) is 0 Å². The Labute approximate surface area is 225 Å². The smallest absolute Gasteiger partial charge is 0.264 e. The van der Waals surface area contributed by atoms with Crippen LogP contribution in [-0.4, -0.2) is 21.4 Å². The first-order valence-corrected chi connectivity index (χ1v) is 13.9. The van der Waals surface area contributed by atoms with Gasteiger partial charge in [-0.15, -0.1) is 0 Å². The van der Waals surface area contributed by atoms with E-state index in [1.165, 1.54) is 4.31 Å². The molecule has 196 valence electrons. The molecule has 7 heteroatoms. The third-order valence-electron chi connectivity index (χ3n) is 6.45. The van der Waals surface area contributed by atoms with Crippen LogP contribution in [0.3, 0.4) is 0 Å². The van der Waals surface area contributed by atoms with E-state index >= 15 is 0 Å². The molecular weight excluding hydrogens is 496 g/mol. The molecule has 0 aliphatic heterocycles. The molecule has 0 aliphatic rings. The second-order valence-corrected chi connectivity index (χ2v) is 10.9. The number of carbonyl (C=O) groups excluding carboxylic acids is 1. The molecule has 1 atom stereocenters. The van der Waals surface area contributed by atoms with Crippen LogP contribution in [0.15, 0.2) is 108 Å². The number of sulfonamides is 1. The first-order valence-electron chi connectivity index (χ1n) is 12.5. The number of ether oxygens (including phenoxy) is 1. The molecule has 0 radical (unpaired) electrons. The van der Waals surface area contributed by atoms with Gasteiger partial charge in [-0.2, -0.15) is 0 Å². The molecule has 0 saturated carbocycles. The average molecular weight is 529 g/mol. The van der Waals surface area contributed by atoms with Gasteiger partial charge in [-0.05, 0) is 72.5 Å². The van der Waals surface area contributed by atoms with Crippen molar-refractivity contribution in [3.05, 3.63) is 125 Å². The van der Waals surface area contributed by atoms with Gasteiger partial charge in [0.15, 0.2) is 0 Å². The number of hydrogen-bond acceptors (Lipinski definition) is 4. The number of anilines is 1. The fraction of sp³-hybridized carbons (Fsp3) is 0.194. The zero-order valence-corrected chi connectivity index (χ0v) is 22.6. The Morgan fingerprint density at radius 1 is 0.895 bits per heavy atom. The highest BCUT2D eigenvalue weighted by Gasteiger charge is 2.25. The predicted octanol–water partition coefficient (Wildman–Crippen LogP) is 6.28. The topological polar surface area (TPSA) is 75.7 Å². The van der Waals surface area contributed by atoms with Crippen LogP contribution >= 0.6 is 0 Å². The third kappa shape index (κ3) is 6.06. The number of hydrogen-bond donors (Lipinski definition) is 1. The Morgan fingerprint density at radius 3 is 2.11 bits per heavy atom. The average Bonchev–Trinajstić information content (AvgIpc) is 2.95. The minimum Gasteiger partial charge on any atom is -0.496 e. The highest BCUT2D eigenvalue weighted by atomic mass is 32.2. The van der Waals surface area contributed by atoms with Crippen molar-refractivity contribution in [1.29, 1.82) is 0 Å². The third-order valence-corrected chi connectivity index (χ3v) is 8.24. The van der Waals surface area contributed by atoms with Crippen molar-refractivity contribution in [3.8, 4) is 5.75 Å². The van der Waals surface area contributed by atoms with E-state index in [4.69, 9.17) is 4.74 Å². The number of nitrogens with one attached hydrogen (secondary N) is 1. The Kier molecular flexibility index (Phi) is 8.48. The summed E-state index contributed by atoms with van der Waals surface area (Å²) in [7, 11) is -2.15. The van der Waals surface area contributed by atoms with Gasteiger partial charge in [0.25, 0.3) is 15.9 Å². The van der Waals surface area contributed by atoms with E-state index in [0.717, 1.165) is 28.9 Å². The number of amides is 1. The highest BCUT2D eigenvalue weighted by molar-refractivity contribution is 7.92. The quantitative estimate of drug-likeness (QED) is 0.263. The van der Waals surface area contributed by atoms with Crippen LogP contribution in [0.25, 0.3) is 0 Å². The summed E-state index contributed by atoms with van der Waals surface area (Å²) in [5.74, 6) is 0.623. The zero-order chi connectivity index (χ0) is 27.1. The van der Waals surface area contributed by atoms with E-state index < -0.39 is 10.0 Å². The molecule has 0 spiro atoms. The lowest BCUT2D eigenvalue weighted by Gasteiger charge is -2.25. The molecule has 4 aromatic rings. The van der Waals surface area contributed by atoms with Crippen LogP contribution in [0, 0.1) is 6.92 Å². The summed E-state index contributed by atoms with van der Waals surface area (Å²) in [5, 5.41) is 3.11. The maximum absolute atomic E-state index is 13.5. The summed E-state index contributed by atoms with van der Waals surface area (Å²) in [4.78, 5) is 13.3. The molecule has 0 saturated heterocycles. The van der Waals surface area contributed by atoms with Crippen LogP contribution < -0.4 is 14.4 Å². The highest BCUT2D eigenvalue weighted by Crippen LogP contribution is 2.27. The standard InChI is InChI=1S/C31H32N2O4S/c1-4-29(26-19-20-30(37-3)23(2)21-26)32-31(34)25-17-15-24(16-18-25)22-33(27-11-7-5-8-12-27)38(35,36)28-13-9-6-10-14-28/h5-21,29H,4,22H2,1-3H3,(H,32,34)/t29-/m1/s1. The lowest BCUT2D eigenvalue weighted by atomic mass is 10.0. The predicted molar refractivity (Wildman–Crippen MR) is 151 cm³/mol. The summed E-state index contributed by atoms with van der Waals surface area (Å²) < 4.78 is 33.8. The Balaban J connectivity index is 1.53. The molecule has 0 unspecified atom stereocenters. The van der Waals surface area contributed by atoms with Gasteiger partial charge in [-0.1, -0.05) is 67.6 Å². The molecule has 0 aliphatic carbocycles. The van der Waals surface area contributed by atoms with E-state index in [-0.39, 0.29) is 23.4 Å². The van der Waals surface area contributed by atoms with Gasteiger partial charge in [0, 0.05) is 5.56 Å². The number of rotatable bonds is 10. The fourth-order valence-electron chi connectivity index (χ4n) is 4.34. The van der Waals surface area contributed by atoms with Crippen LogP contribution in [0.4, 0.5) is 5.69 Å². The first kappa shape index (κ1) is 26.9. The molecule has 1 N–H and O–H groups in total.